The van der Waals surface area contributed by atoms with Crippen LogP contribution in [0.1, 0.15) is 67.2 Å². The van der Waals surface area contributed by atoms with E-state index in [4.69, 9.17) is 22.9 Å². The lowest BCUT2D eigenvalue weighted by molar-refractivity contribution is -0.134. The van der Waals surface area contributed by atoms with E-state index in [1.807, 2.05) is 44.2 Å². The van der Waals surface area contributed by atoms with Crippen LogP contribution in [0.2, 0.25) is 0 Å². The summed E-state index contributed by atoms with van der Waals surface area (Å²) in [7, 11) is 1.76. The van der Waals surface area contributed by atoms with Gasteiger partial charge in [0.2, 0.25) is 11.8 Å². The van der Waals surface area contributed by atoms with Crippen molar-refractivity contribution >= 4 is 29.3 Å². The molecule has 11 N–H and O–H groups in total. The third-order valence-electron chi connectivity index (χ3n) is 8.69. The third kappa shape index (κ3) is 13.8. The Kier molecular flexibility index (Phi) is 17.3. The van der Waals surface area contributed by atoms with E-state index in [1.165, 1.54) is 0 Å². The predicted molar refractivity (Wildman–Crippen MR) is 189 cm³/mol. The average molecular weight is 666 g/mol. The van der Waals surface area contributed by atoms with E-state index in [9.17, 15) is 24.3 Å². The highest BCUT2D eigenvalue weighted by atomic mass is 16.3. The molecule has 0 aliphatic rings. The van der Waals surface area contributed by atoms with Crippen LogP contribution in [0.3, 0.4) is 0 Å². The number of aliphatic imine (C=N–C) groups is 1. The van der Waals surface area contributed by atoms with Crippen LogP contribution >= 0.6 is 0 Å². The van der Waals surface area contributed by atoms with Crippen molar-refractivity contribution in [1.29, 1.82) is 0 Å². The Morgan fingerprint density at radius 1 is 0.833 bits per heavy atom. The van der Waals surface area contributed by atoms with Crippen molar-refractivity contribution in [3.8, 4) is 5.75 Å². The Morgan fingerprint density at radius 3 is 2.06 bits per heavy atom. The summed E-state index contributed by atoms with van der Waals surface area (Å²) < 4.78 is 0. The Bertz CT molecular complexity index is 1360. The zero-order valence-electron chi connectivity index (χ0n) is 28.7. The fraction of sp³-hybridized carbons (Fsp3) is 0.528. The van der Waals surface area contributed by atoms with E-state index in [0.29, 0.717) is 58.2 Å². The number of phenolic OH excluding ortho intramolecular Hbond substituents is 1. The highest BCUT2D eigenvalue weighted by molar-refractivity contribution is 5.94. The van der Waals surface area contributed by atoms with Crippen LogP contribution in [0.5, 0.6) is 5.75 Å². The van der Waals surface area contributed by atoms with E-state index in [2.05, 4.69) is 15.6 Å². The fourth-order valence-electron chi connectivity index (χ4n) is 6.03. The molecule has 4 atom stereocenters. The minimum absolute atomic E-state index is 0.0133. The molecule has 0 unspecified atom stereocenters. The monoisotopic (exact) mass is 665 g/mol. The van der Waals surface area contributed by atoms with Crippen molar-refractivity contribution in [3.05, 3.63) is 64.7 Å². The number of aryl methyl sites for hydroxylation is 2. The smallest absolute Gasteiger partial charge is 0.224 e. The van der Waals surface area contributed by atoms with Crippen molar-refractivity contribution in [3.63, 3.8) is 0 Å². The van der Waals surface area contributed by atoms with E-state index >= 15 is 0 Å². The molecule has 0 bridgehead atoms. The van der Waals surface area contributed by atoms with Gasteiger partial charge in [0.15, 0.2) is 11.7 Å². The zero-order valence-corrected chi connectivity index (χ0v) is 28.7. The Labute approximate surface area is 284 Å². The van der Waals surface area contributed by atoms with E-state index in [-0.39, 0.29) is 48.5 Å². The van der Waals surface area contributed by atoms with Crippen LogP contribution in [0.4, 0.5) is 0 Å². The number of amides is 2. The number of nitrogens with zero attached hydrogens (tertiary/aromatic N) is 1. The van der Waals surface area contributed by atoms with Crippen molar-refractivity contribution in [2.45, 2.75) is 77.7 Å². The molecule has 264 valence electrons. The zero-order chi connectivity index (χ0) is 35.6. The highest BCUT2D eigenvalue weighted by Gasteiger charge is 2.32. The van der Waals surface area contributed by atoms with Gasteiger partial charge in [0, 0.05) is 43.7 Å². The standard InChI is InChI=1S/C36H55N7O5/c1-23-16-29(44)17-24(2)30(23)19-28(21-32(45)26(22-41-3)12-9-15-42-36(39)40)35(48)43-31(13-7-8-14-37)33(46)20-27(34(38)47)18-25-10-5-4-6-11-25/h4-6,10-11,16-17,26-28,31,41,44H,7-9,12-15,18-22,37H2,1-3H3,(H2,38,47)(H,43,48)(H4,39,40,42)/t26-,27+,28+,31-/m0/s1. The lowest BCUT2D eigenvalue weighted by atomic mass is 9.84. The van der Waals surface area contributed by atoms with E-state index in [0.717, 1.165) is 22.3 Å². The van der Waals surface area contributed by atoms with Crippen LogP contribution in [-0.2, 0) is 32.0 Å². The van der Waals surface area contributed by atoms with Gasteiger partial charge < -0.3 is 38.7 Å². The summed E-state index contributed by atoms with van der Waals surface area (Å²) in [6.07, 6.45) is 3.05. The first-order valence-corrected chi connectivity index (χ1v) is 16.7. The normalized spacial score (nSPS) is 13.6. The first kappa shape index (κ1) is 39.9. The molecule has 0 aliphatic heterocycles. The number of benzene rings is 2. The maximum Gasteiger partial charge on any atom is 0.224 e. The molecule has 2 aromatic rings. The second-order valence-corrected chi connectivity index (χ2v) is 12.6. The van der Waals surface area contributed by atoms with Gasteiger partial charge in [0.25, 0.3) is 0 Å². The molecule has 0 heterocycles. The molecule has 0 fully saturated rings. The van der Waals surface area contributed by atoms with Crippen LogP contribution < -0.4 is 33.6 Å². The molecular formula is C36H55N7O5. The first-order valence-electron chi connectivity index (χ1n) is 16.7. The number of primary amides is 1. The van der Waals surface area contributed by atoms with E-state index < -0.39 is 29.7 Å². The first-order chi connectivity index (χ1) is 22.9. The molecule has 0 saturated heterocycles. The Hall–Kier alpha value is -4.29. The summed E-state index contributed by atoms with van der Waals surface area (Å²) in [6, 6.07) is 11.7. The van der Waals surface area contributed by atoms with Gasteiger partial charge in [-0.3, -0.25) is 24.2 Å². The summed E-state index contributed by atoms with van der Waals surface area (Å²) in [5.74, 6) is -3.21. The maximum atomic E-state index is 14.1. The van der Waals surface area contributed by atoms with Gasteiger partial charge in [-0.1, -0.05) is 30.3 Å². The minimum atomic E-state index is -0.881. The number of hydrogen-bond donors (Lipinski definition) is 7. The number of carbonyl (C=O) groups is 4. The number of unbranched alkanes of at least 4 members (excludes halogenated alkanes) is 1. The summed E-state index contributed by atoms with van der Waals surface area (Å²) in [5, 5.41) is 16.1. The van der Waals surface area contributed by atoms with Gasteiger partial charge in [0.05, 0.1) is 6.04 Å². The topological polar surface area (TPSA) is 229 Å². The van der Waals surface area contributed by atoms with Gasteiger partial charge in [-0.05, 0) is 107 Å². The summed E-state index contributed by atoms with van der Waals surface area (Å²) >= 11 is 0. The number of guanidine groups is 1. The van der Waals surface area contributed by atoms with Gasteiger partial charge in [-0.2, -0.15) is 0 Å². The van der Waals surface area contributed by atoms with Crippen LogP contribution in [0.15, 0.2) is 47.5 Å². The number of Topliss-reactive ketones (excluding diaryl/α,β-unsaturated/α-hetero) is 2. The van der Waals surface area contributed by atoms with Crippen molar-refractivity contribution < 1.29 is 24.3 Å². The molecule has 48 heavy (non-hydrogen) atoms. The number of nitrogens with one attached hydrogen (secondary N) is 2. The summed E-state index contributed by atoms with van der Waals surface area (Å²) in [4.78, 5) is 58.0. The van der Waals surface area contributed by atoms with Crippen molar-refractivity contribution in [1.82, 2.24) is 10.6 Å². The summed E-state index contributed by atoms with van der Waals surface area (Å²) in [5.41, 5.74) is 25.6. The van der Waals surface area contributed by atoms with Crippen LogP contribution in [0, 0.1) is 31.6 Å². The third-order valence-corrected chi connectivity index (χ3v) is 8.69. The van der Waals surface area contributed by atoms with Crippen molar-refractivity contribution in [2.75, 3.05) is 26.7 Å². The number of rotatable bonds is 23. The van der Waals surface area contributed by atoms with Crippen LogP contribution in [-0.4, -0.2) is 67.2 Å². The van der Waals surface area contributed by atoms with Crippen LogP contribution in [0.25, 0.3) is 0 Å². The number of phenols is 1. The van der Waals surface area contributed by atoms with Gasteiger partial charge >= 0.3 is 0 Å². The number of ketones is 2. The number of nitrogens with two attached hydrogens (primary N) is 4. The fourth-order valence-corrected chi connectivity index (χ4v) is 6.03. The number of hydrogen-bond acceptors (Lipinski definition) is 8. The molecule has 0 aromatic heterocycles. The lowest BCUT2D eigenvalue weighted by Gasteiger charge is -2.25. The number of carbonyl (C=O) groups excluding carboxylic acids is 4. The van der Waals surface area contributed by atoms with Gasteiger partial charge in [-0.15, -0.1) is 0 Å². The number of aromatic hydroxyl groups is 1. The van der Waals surface area contributed by atoms with E-state index in [1.54, 1.807) is 19.2 Å². The molecule has 0 saturated carbocycles. The van der Waals surface area contributed by atoms with Gasteiger partial charge in [-0.25, -0.2) is 0 Å². The van der Waals surface area contributed by atoms with Gasteiger partial charge in [0.1, 0.15) is 11.5 Å². The summed E-state index contributed by atoms with van der Waals surface area (Å²) in [6.45, 7) is 4.93. The Balaban J connectivity index is 2.36. The molecule has 2 rings (SSSR count). The molecular weight excluding hydrogens is 610 g/mol. The second-order valence-electron chi connectivity index (χ2n) is 12.6. The molecule has 2 aromatic carbocycles. The minimum Gasteiger partial charge on any atom is -0.508 e. The molecule has 0 radical (unpaired) electrons. The molecule has 0 aliphatic carbocycles. The predicted octanol–water partition coefficient (Wildman–Crippen LogP) is 1.93. The molecule has 2 amide bonds. The molecule has 12 nitrogen and oxygen atoms in total. The molecule has 12 heteroatoms. The largest absolute Gasteiger partial charge is 0.508 e. The SMILES string of the molecule is CNC[C@H](CCCN=C(N)N)C(=O)C[C@@H](Cc1c(C)cc(O)cc1C)C(=O)N[C@@H](CCCCN)C(=O)C[C@@H](Cc1ccccc1)C(N)=O. The quantitative estimate of drug-likeness (QED) is 0.0522. The molecule has 0 spiro atoms. The second kappa shape index (κ2) is 20.8. The Morgan fingerprint density at radius 2 is 1.48 bits per heavy atom. The average Bonchev–Trinajstić information content (AvgIpc) is 3.02. The lowest BCUT2D eigenvalue weighted by Crippen LogP contribution is -2.46. The van der Waals surface area contributed by atoms with Crippen molar-refractivity contribution in [2.24, 2.45) is 45.7 Å². The highest BCUT2D eigenvalue weighted by Crippen LogP contribution is 2.26. The maximum absolute atomic E-state index is 14.1.